The number of aliphatic hydroxyl groups excluding tert-OH is 2. The molecule has 4 nitrogen and oxygen atoms in total. The topological polar surface area (TPSA) is 58.9 Å². The molecule has 194 valence electrons. The van der Waals surface area contributed by atoms with Crippen LogP contribution < -0.4 is 0 Å². The highest BCUT2D eigenvalue weighted by molar-refractivity contribution is 8.20. The fraction of sp³-hybridized carbons (Fsp3) is 0.750. The van der Waals surface area contributed by atoms with Gasteiger partial charge in [0, 0.05) is 23.0 Å². The summed E-state index contributed by atoms with van der Waals surface area (Å²) in [4.78, 5) is 0. The van der Waals surface area contributed by atoms with Crippen LogP contribution in [0.2, 0.25) is 0 Å². The first kappa shape index (κ1) is 29.7. The normalized spacial score (nSPS) is 21.1. The van der Waals surface area contributed by atoms with Gasteiger partial charge in [0.05, 0.1) is 34.6 Å². The number of thioether (sulfide) groups is 6. The van der Waals surface area contributed by atoms with Gasteiger partial charge >= 0.3 is 0 Å². The lowest BCUT2D eigenvalue weighted by Crippen LogP contribution is -2.23. The molecule has 2 heterocycles. The molecule has 0 bridgehead atoms. The average Bonchev–Trinajstić information content (AvgIpc) is 3.54. The molecule has 1 aromatic carbocycles. The van der Waals surface area contributed by atoms with Crippen molar-refractivity contribution >= 4 is 70.6 Å². The summed E-state index contributed by atoms with van der Waals surface area (Å²) in [5.41, 5.74) is 1.47. The van der Waals surface area contributed by atoms with Crippen LogP contribution in [0, 0.1) is 0 Å². The molecule has 2 aliphatic rings. The van der Waals surface area contributed by atoms with Crippen molar-refractivity contribution in [2.24, 2.45) is 0 Å². The summed E-state index contributed by atoms with van der Waals surface area (Å²) >= 11 is 11.5. The molecule has 1 aromatic rings. The molecule has 4 atom stereocenters. The third-order valence-corrected chi connectivity index (χ3v) is 14.3. The van der Waals surface area contributed by atoms with E-state index in [0.29, 0.717) is 22.4 Å². The van der Waals surface area contributed by atoms with Gasteiger partial charge in [0.2, 0.25) is 0 Å². The molecule has 34 heavy (non-hydrogen) atoms. The van der Waals surface area contributed by atoms with Crippen LogP contribution in [-0.4, -0.2) is 77.0 Å². The van der Waals surface area contributed by atoms with E-state index in [0.717, 1.165) is 35.5 Å². The number of aliphatic hydroxyl groups is 2. The number of hydrogen-bond acceptors (Lipinski definition) is 10. The van der Waals surface area contributed by atoms with Crippen LogP contribution in [0.15, 0.2) is 24.3 Å². The Kier molecular flexibility index (Phi) is 14.8. The van der Waals surface area contributed by atoms with Gasteiger partial charge in [0.25, 0.3) is 0 Å². The Bertz CT molecular complexity index is 668. The third kappa shape index (κ3) is 11.3. The van der Waals surface area contributed by atoms with Crippen LogP contribution in [0.3, 0.4) is 0 Å². The van der Waals surface area contributed by atoms with E-state index in [4.69, 9.17) is 9.47 Å². The predicted octanol–water partition coefficient (Wildman–Crippen LogP) is 5.99. The van der Waals surface area contributed by atoms with Gasteiger partial charge in [-0.2, -0.15) is 0 Å². The summed E-state index contributed by atoms with van der Waals surface area (Å²) in [6, 6.07) is 8.22. The van der Waals surface area contributed by atoms with Crippen molar-refractivity contribution in [3.05, 3.63) is 35.4 Å². The third-order valence-electron chi connectivity index (χ3n) is 5.41. The molecule has 0 radical (unpaired) electrons. The number of benzene rings is 1. The summed E-state index contributed by atoms with van der Waals surface area (Å²) in [6.07, 6.45) is 1.59. The molecule has 3 rings (SSSR count). The minimum atomic E-state index is -0.497. The van der Waals surface area contributed by atoms with Crippen LogP contribution >= 0.6 is 70.6 Å². The Morgan fingerprint density at radius 2 is 1.26 bits per heavy atom. The van der Waals surface area contributed by atoms with Gasteiger partial charge in [-0.05, 0) is 49.3 Å². The number of ether oxygens (including phenoxy) is 2. The van der Waals surface area contributed by atoms with Crippen LogP contribution in [0.25, 0.3) is 0 Å². The highest BCUT2D eigenvalue weighted by atomic mass is 32.2. The molecule has 0 saturated carbocycles. The standard InChI is InChI=1S/C24H38O4S6/c1-17(25)24(34-10-8-22-31-13-14-32-22)28-16-20-5-3-19(4-6-20)15-27-18(2)23(26)33-9-7-21-29-11-12-30-21/h3-6,17-18,21-26H,7-16H2,1-2H3. The SMILES string of the molecule is CC(O)C(OCc1ccc(COC(C)C(O)SCCC2SCCS2)cc1)SCCC1SCCS1. The molecule has 0 aromatic heterocycles. The van der Waals surface area contributed by atoms with Crippen molar-refractivity contribution in [2.75, 3.05) is 34.5 Å². The van der Waals surface area contributed by atoms with E-state index in [1.165, 1.54) is 23.0 Å². The molecule has 4 unspecified atom stereocenters. The lowest BCUT2D eigenvalue weighted by Gasteiger charge is -2.21. The minimum Gasteiger partial charge on any atom is -0.390 e. The molecule has 2 N–H and O–H groups in total. The minimum absolute atomic E-state index is 0.204. The fourth-order valence-electron chi connectivity index (χ4n) is 3.40. The van der Waals surface area contributed by atoms with Crippen molar-refractivity contribution in [1.29, 1.82) is 0 Å². The first-order valence-corrected chi connectivity index (χ1v) is 18.2. The van der Waals surface area contributed by atoms with Gasteiger partial charge in [0.1, 0.15) is 10.9 Å². The second-order valence-electron chi connectivity index (χ2n) is 8.30. The van der Waals surface area contributed by atoms with Gasteiger partial charge in [-0.25, -0.2) is 0 Å². The smallest absolute Gasteiger partial charge is 0.129 e. The zero-order valence-corrected chi connectivity index (χ0v) is 24.9. The zero-order valence-electron chi connectivity index (χ0n) is 20.0. The monoisotopic (exact) mass is 582 g/mol. The van der Waals surface area contributed by atoms with Crippen molar-refractivity contribution in [1.82, 2.24) is 0 Å². The van der Waals surface area contributed by atoms with Gasteiger partial charge in [-0.3, -0.25) is 0 Å². The lowest BCUT2D eigenvalue weighted by atomic mass is 10.1. The second kappa shape index (κ2) is 16.9. The molecular weight excluding hydrogens is 545 g/mol. The van der Waals surface area contributed by atoms with E-state index in [-0.39, 0.29) is 11.5 Å². The maximum Gasteiger partial charge on any atom is 0.129 e. The molecule has 2 saturated heterocycles. The van der Waals surface area contributed by atoms with E-state index >= 15 is 0 Å². The maximum absolute atomic E-state index is 10.4. The highest BCUT2D eigenvalue weighted by Gasteiger charge is 2.21. The Labute approximate surface area is 231 Å². The van der Waals surface area contributed by atoms with Crippen LogP contribution in [0.5, 0.6) is 0 Å². The Balaban J connectivity index is 1.31. The first-order chi connectivity index (χ1) is 16.5. The van der Waals surface area contributed by atoms with E-state index in [1.807, 2.05) is 54.0 Å². The number of rotatable bonds is 16. The maximum atomic E-state index is 10.4. The van der Waals surface area contributed by atoms with E-state index in [9.17, 15) is 10.2 Å². The quantitative estimate of drug-likeness (QED) is 0.227. The molecule has 2 aliphatic heterocycles. The van der Waals surface area contributed by atoms with Crippen molar-refractivity contribution in [3.63, 3.8) is 0 Å². The van der Waals surface area contributed by atoms with Gasteiger partial charge in [0.15, 0.2) is 0 Å². The lowest BCUT2D eigenvalue weighted by molar-refractivity contribution is 0.000600. The predicted molar refractivity (Wildman–Crippen MR) is 159 cm³/mol. The van der Waals surface area contributed by atoms with Crippen molar-refractivity contribution in [2.45, 2.75) is 72.1 Å². The Hall–Kier alpha value is 1.16. The summed E-state index contributed by atoms with van der Waals surface area (Å²) in [7, 11) is 0. The van der Waals surface area contributed by atoms with Gasteiger partial charge in [-0.15, -0.1) is 70.6 Å². The average molecular weight is 583 g/mol. The molecule has 2 fully saturated rings. The largest absolute Gasteiger partial charge is 0.390 e. The molecule has 0 amide bonds. The van der Waals surface area contributed by atoms with E-state index in [2.05, 4.69) is 24.3 Å². The highest BCUT2D eigenvalue weighted by Crippen LogP contribution is 2.36. The molecule has 0 aliphatic carbocycles. The van der Waals surface area contributed by atoms with E-state index in [1.54, 1.807) is 30.4 Å². The van der Waals surface area contributed by atoms with Crippen molar-refractivity contribution in [3.8, 4) is 0 Å². The van der Waals surface area contributed by atoms with E-state index < -0.39 is 11.5 Å². The van der Waals surface area contributed by atoms with Gasteiger partial charge in [-0.1, -0.05) is 24.3 Å². The summed E-state index contributed by atoms with van der Waals surface area (Å²) in [5, 5.41) is 20.5. The summed E-state index contributed by atoms with van der Waals surface area (Å²) < 4.78 is 13.3. The summed E-state index contributed by atoms with van der Waals surface area (Å²) in [6.45, 7) is 4.71. The zero-order chi connectivity index (χ0) is 24.2. The van der Waals surface area contributed by atoms with Crippen LogP contribution in [0.1, 0.15) is 37.8 Å². The molecule has 0 spiro atoms. The Morgan fingerprint density at radius 1 is 0.794 bits per heavy atom. The summed E-state index contributed by atoms with van der Waals surface area (Å²) in [5.74, 6) is 7.01. The molecule has 10 heteroatoms. The number of hydrogen-bond donors (Lipinski definition) is 2. The first-order valence-electron chi connectivity index (χ1n) is 11.9. The van der Waals surface area contributed by atoms with Gasteiger partial charge < -0.3 is 19.7 Å². The van der Waals surface area contributed by atoms with Crippen molar-refractivity contribution < 1.29 is 19.7 Å². The fourth-order valence-corrected chi connectivity index (χ4v) is 11.7. The second-order valence-corrected chi connectivity index (χ2v) is 16.6. The Morgan fingerprint density at radius 3 is 1.76 bits per heavy atom. The van der Waals surface area contributed by atoms with Crippen LogP contribution in [-0.2, 0) is 22.7 Å². The molecular formula is C24H38O4S6. The van der Waals surface area contributed by atoms with Crippen LogP contribution in [0.4, 0.5) is 0 Å².